The van der Waals surface area contributed by atoms with Gasteiger partial charge in [0, 0.05) is 5.02 Å². The number of esters is 1. The zero-order valence-electron chi connectivity index (χ0n) is 20.0. The average molecular weight is 511 g/mol. The molecule has 9 heteroatoms. The Balaban J connectivity index is 1.48. The minimum atomic E-state index is -0.544. The quantitative estimate of drug-likeness (QED) is 0.117. The van der Waals surface area contributed by atoms with Gasteiger partial charge in [0.15, 0.2) is 18.1 Å². The second-order valence-electron chi connectivity index (χ2n) is 7.56. The van der Waals surface area contributed by atoms with Crippen molar-refractivity contribution in [1.29, 1.82) is 0 Å². The monoisotopic (exact) mass is 510 g/mol. The molecule has 0 aliphatic rings. The van der Waals surface area contributed by atoms with Gasteiger partial charge in [-0.05, 0) is 78.7 Å². The second-order valence-corrected chi connectivity index (χ2v) is 8.00. The molecule has 36 heavy (non-hydrogen) atoms. The Morgan fingerprint density at radius 3 is 2.31 bits per heavy atom. The van der Waals surface area contributed by atoms with E-state index in [0.717, 1.165) is 18.6 Å². The fourth-order valence-corrected chi connectivity index (χ4v) is 3.05. The van der Waals surface area contributed by atoms with Crippen molar-refractivity contribution in [3.05, 3.63) is 82.9 Å². The van der Waals surface area contributed by atoms with Crippen LogP contribution in [-0.4, -0.2) is 38.4 Å². The predicted octanol–water partition coefficient (Wildman–Crippen LogP) is 5.28. The van der Waals surface area contributed by atoms with Crippen molar-refractivity contribution in [3.8, 4) is 23.0 Å². The summed E-state index contributed by atoms with van der Waals surface area (Å²) in [5.74, 6) is 0.913. The number of nitrogens with zero attached hydrogens (tertiary/aromatic N) is 1. The highest BCUT2D eigenvalue weighted by Crippen LogP contribution is 2.28. The van der Waals surface area contributed by atoms with Crippen LogP contribution in [-0.2, 0) is 4.79 Å². The van der Waals surface area contributed by atoms with Crippen molar-refractivity contribution in [2.24, 2.45) is 5.10 Å². The molecule has 3 aromatic carbocycles. The highest BCUT2D eigenvalue weighted by atomic mass is 35.5. The van der Waals surface area contributed by atoms with Crippen molar-refractivity contribution in [2.45, 2.75) is 19.8 Å². The van der Waals surface area contributed by atoms with Gasteiger partial charge < -0.3 is 18.9 Å². The van der Waals surface area contributed by atoms with E-state index in [-0.39, 0.29) is 12.4 Å². The molecule has 0 aromatic heterocycles. The minimum absolute atomic E-state index is 0.198. The number of nitrogens with one attached hydrogen (secondary N) is 1. The number of carbonyl (C=O) groups is 2. The van der Waals surface area contributed by atoms with Crippen LogP contribution in [0.15, 0.2) is 71.8 Å². The summed E-state index contributed by atoms with van der Waals surface area (Å²) in [6, 6.07) is 18.3. The highest BCUT2D eigenvalue weighted by molar-refractivity contribution is 6.30. The Labute approximate surface area is 214 Å². The normalized spacial score (nSPS) is 10.6. The Morgan fingerprint density at radius 1 is 0.944 bits per heavy atom. The fourth-order valence-electron chi connectivity index (χ4n) is 2.92. The van der Waals surface area contributed by atoms with Crippen LogP contribution in [0.25, 0.3) is 0 Å². The Hall–Kier alpha value is -4.04. The maximum Gasteiger partial charge on any atom is 0.343 e. The van der Waals surface area contributed by atoms with Crippen LogP contribution in [0.3, 0.4) is 0 Å². The number of amides is 1. The van der Waals surface area contributed by atoms with Crippen LogP contribution < -0.4 is 24.4 Å². The topological polar surface area (TPSA) is 95.5 Å². The summed E-state index contributed by atoms with van der Waals surface area (Å²) in [4.78, 5) is 24.4. The third-order valence-electron chi connectivity index (χ3n) is 4.83. The van der Waals surface area contributed by atoms with Crippen molar-refractivity contribution in [2.75, 3.05) is 20.3 Å². The largest absolute Gasteiger partial charge is 0.494 e. The summed E-state index contributed by atoms with van der Waals surface area (Å²) >= 11 is 5.85. The van der Waals surface area contributed by atoms with Crippen molar-refractivity contribution in [1.82, 2.24) is 5.43 Å². The molecule has 0 bridgehead atoms. The maximum atomic E-state index is 12.3. The molecule has 1 amide bonds. The summed E-state index contributed by atoms with van der Waals surface area (Å²) in [6.45, 7) is 2.57. The molecule has 0 radical (unpaired) electrons. The number of carbonyl (C=O) groups excluding carboxylic acids is 2. The zero-order chi connectivity index (χ0) is 25.8. The molecule has 0 fully saturated rings. The first-order valence-corrected chi connectivity index (χ1v) is 11.7. The number of unbranched alkanes of at least 4 members (excludes halogenated alkanes) is 1. The number of halogens is 1. The molecule has 188 valence electrons. The van der Waals surface area contributed by atoms with Crippen LogP contribution in [0.2, 0.25) is 5.02 Å². The molecule has 1 N–H and O–H groups in total. The van der Waals surface area contributed by atoms with Gasteiger partial charge in [-0.2, -0.15) is 5.10 Å². The molecule has 0 aliphatic heterocycles. The molecular formula is C27H27ClN2O6. The fraction of sp³-hybridized carbons (Fsp3) is 0.222. The number of rotatable bonds is 12. The molecule has 0 spiro atoms. The summed E-state index contributed by atoms with van der Waals surface area (Å²) < 4.78 is 21.8. The first-order chi connectivity index (χ1) is 17.5. The van der Waals surface area contributed by atoms with Crippen LogP contribution in [0.1, 0.15) is 35.7 Å². The Bertz CT molecular complexity index is 1180. The van der Waals surface area contributed by atoms with E-state index >= 15 is 0 Å². The summed E-state index contributed by atoms with van der Waals surface area (Å²) in [7, 11) is 1.46. The van der Waals surface area contributed by atoms with Crippen LogP contribution in [0.4, 0.5) is 0 Å². The van der Waals surface area contributed by atoms with Gasteiger partial charge in [-0.15, -0.1) is 0 Å². The van der Waals surface area contributed by atoms with Gasteiger partial charge >= 0.3 is 5.97 Å². The lowest BCUT2D eigenvalue weighted by molar-refractivity contribution is -0.123. The van der Waals surface area contributed by atoms with E-state index in [2.05, 4.69) is 17.5 Å². The molecule has 0 saturated heterocycles. The number of hydrazone groups is 1. The third kappa shape index (κ3) is 8.32. The molecule has 0 saturated carbocycles. The SMILES string of the molecule is CCCCOc1ccc(OCC(=O)N/N=C/c2ccc(OC(=O)c3ccc(Cl)cc3)c(OC)c2)cc1. The van der Waals surface area contributed by atoms with Crippen molar-refractivity contribution in [3.63, 3.8) is 0 Å². The molecule has 3 rings (SSSR count). The Kier molecular flexibility index (Phi) is 10.1. The number of benzene rings is 3. The molecule has 3 aromatic rings. The summed E-state index contributed by atoms with van der Waals surface area (Å²) in [6.07, 6.45) is 3.50. The van der Waals surface area contributed by atoms with Crippen molar-refractivity contribution < 1.29 is 28.5 Å². The van der Waals surface area contributed by atoms with Crippen molar-refractivity contribution >= 4 is 29.7 Å². The van der Waals surface area contributed by atoms with E-state index in [4.69, 9.17) is 30.5 Å². The molecular weight excluding hydrogens is 484 g/mol. The molecule has 0 heterocycles. The minimum Gasteiger partial charge on any atom is -0.494 e. The Morgan fingerprint density at radius 2 is 1.64 bits per heavy atom. The molecule has 0 unspecified atom stereocenters. The van der Waals surface area contributed by atoms with E-state index in [1.807, 2.05) is 0 Å². The van der Waals surface area contributed by atoms with Gasteiger partial charge in [0.25, 0.3) is 5.91 Å². The first-order valence-electron chi connectivity index (χ1n) is 11.3. The van der Waals surface area contributed by atoms with E-state index in [0.29, 0.717) is 34.3 Å². The van der Waals surface area contributed by atoms with Gasteiger partial charge in [0.05, 0.1) is 25.5 Å². The zero-order valence-corrected chi connectivity index (χ0v) is 20.8. The molecule has 8 nitrogen and oxygen atoms in total. The van der Waals surface area contributed by atoms with Gasteiger partial charge in [-0.3, -0.25) is 4.79 Å². The number of methoxy groups -OCH3 is 1. The number of hydrogen-bond acceptors (Lipinski definition) is 7. The van der Waals surface area contributed by atoms with E-state index in [9.17, 15) is 9.59 Å². The van der Waals surface area contributed by atoms with Gasteiger partial charge in [-0.1, -0.05) is 24.9 Å². The second kappa shape index (κ2) is 13.7. The lowest BCUT2D eigenvalue weighted by atomic mass is 10.2. The van der Waals surface area contributed by atoms with Crippen LogP contribution in [0, 0.1) is 0 Å². The van der Waals surface area contributed by atoms with Gasteiger partial charge in [-0.25, -0.2) is 10.2 Å². The highest BCUT2D eigenvalue weighted by Gasteiger charge is 2.13. The lowest BCUT2D eigenvalue weighted by Gasteiger charge is -2.10. The summed E-state index contributed by atoms with van der Waals surface area (Å²) in [5, 5.41) is 4.45. The van der Waals surface area contributed by atoms with E-state index < -0.39 is 11.9 Å². The molecule has 0 aliphatic carbocycles. The maximum absolute atomic E-state index is 12.3. The van der Waals surface area contributed by atoms with Crippen LogP contribution in [0.5, 0.6) is 23.0 Å². The van der Waals surface area contributed by atoms with Gasteiger partial charge in [0.2, 0.25) is 0 Å². The number of hydrogen-bond donors (Lipinski definition) is 1. The van der Waals surface area contributed by atoms with E-state index in [1.165, 1.54) is 13.3 Å². The lowest BCUT2D eigenvalue weighted by Crippen LogP contribution is -2.24. The third-order valence-corrected chi connectivity index (χ3v) is 5.09. The number of ether oxygens (including phenoxy) is 4. The average Bonchev–Trinajstić information content (AvgIpc) is 2.89. The predicted molar refractivity (Wildman–Crippen MR) is 137 cm³/mol. The smallest absolute Gasteiger partial charge is 0.343 e. The molecule has 0 atom stereocenters. The first kappa shape index (κ1) is 26.6. The summed E-state index contributed by atoms with van der Waals surface area (Å²) in [5.41, 5.74) is 3.38. The van der Waals surface area contributed by atoms with Crippen LogP contribution >= 0.6 is 11.6 Å². The van der Waals surface area contributed by atoms with Gasteiger partial charge in [0.1, 0.15) is 11.5 Å². The standard InChI is InChI=1S/C27H27ClN2O6/c1-3-4-15-34-22-10-12-23(13-11-22)35-18-26(31)30-29-17-19-5-14-24(25(16-19)33-2)36-27(32)20-6-8-21(28)9-7-20/h5-14,16-17H,3-4,15,18H2,1-2H3,(H,30,31)/b29-17+. The van der Waals surface area contributed by atoms with E-state index in [1.54, 1.807) is 66.7 Å².